The van der Waals surface area contributed by atoms with Crippen molar-refractivity contribution in [2.45, 2.75) is 19.4 Å². The van der Waals surface area contributed by atoms with Gasteiger partial charge in [-0.05, 0) is 42.3 Å². The van der Waals surface area contributed by atoms with Crippen LogP contribution in [0.5, 0.6) is 5.75 Å². The second kappa shape index (κ2) is 6.37. The zero-order chi connectivity index (χ0) is 13.8. The van der Waals surface area contributed by atoms with Crippen LogP contribution in [0.3, 0.4) is 0 Å². The predicted octanol–water partition coefficient (Wildman–Crippen LogP) is 3.11. The molecule has 4 heteroatoms. The molecule has 1 aliphatic rings. The third-order valence-corrected chi connectivity index (χ3v) is 3.91. The highest BCUT2D eigenvalue weighted by atomic mass is 79.9. The summed E-state index contributed by atoms with van der Waals surface area (Å²) < 4.78 is 6.86. The number of nitrogens with one attached hydrogen (secondary N) is 1. The smallest absolute Gasteiger partial charge is 0.127 e. The molecule has 2 aromatic rings. The van der Waals surface area contributed by atoms with Crippen molar-refractivity contribution < 1.29 is 4.74 Å². The summed E-state index contributed by atoms with van der Waals surface area (Å²) in [6, 6.07) is 8.38. The molecule has 1 aromatic heterocycles. The van der Waals surface area contributed by atoms with Crippen molar-refractivity contribution in [3.63, 3.8) is 0 Å². The molecule has 0 fully saturated rings. The molecule has 0 amide bonds. The SMILES string of the molecule is Brc1cc2c(c(CNCCc3cccnc3)c1)OCC2. The third-order valence-electron chi connectivity index (χ3n) is 3.45. The van der Waals surface area contributed by atoms with Crippen LogP contribution in [-0.4, -0.2) is 18.1 Å². The van der Waals surface area contributed by atoms with Gasteiger partial charge in [0.2, 0.25) is 0 Å². The summed E-state index contributed by atoms with van der Waals surface area (Å²) >= 11 is 3.57. The number of pyridine rings is 1. The molecular formula is C16H17BrN2O. The Balaban J connectivity index is 1.57. The number of halogens is 1. The van der Waals surface area contributed by atoms with Crippen molar-refractivity contribution in [3.8, 4) is 5.75 Å². The first-order valence-electron chi connectivity index (χ1n) is 6.86. The van der Waals surface area contributed by atoms with E-state index in [2.05, 4.69) is 44.4 Å². The van der Waals surface area contributed by atoms with E-state index in [1.54, 1.807) is 6.20 Å². The van der Waals surface area contributed by atoms with Crippen molar-refractivity contribution in [2.24, 2.45) is 0 Å². The highest BCUT2D eigenvalue weighted by Crippen LogP contribution is 2.32. The van der Waals surface area contributed by atoms with Crippen molar-refractivity contribution in [1.29, 1.82) is 0 Å². The molecule has 0 saturated carbocycles. The van der Waals surface area contributed by atoms with Gasteiger partial charge in [0, 0.05) is 35.4 Å². The van der Waals surface area contributed by atoms with Crippen LogP contribution >= 0.6 is 15.9 Å². The summed E-state index contributed by atoms with van der Waals surface area (Å²) in [4.78, 5) is 4.13. The maximum absolute atomic E-state index is 5.73. The Bertz CT molecular complexity index is 587. The summed E-state index contributed by atoms with van der Waals surface area (Å²) in [5.74, 6) is 1.07. The summed E-state index contributed by atoms with van der Waals surface area (Å²) in [7, 11) is 0. The minimum absolute atomic E-state index is 0.800. The quantitative estimate of drug-likeness (QED) is 0.854. The maximum atomic E-state index is 5.73. The topological polar surface area (TPSA) is 34.2 Å². The van der Waals surface area contributed by atoms with Crippen LogP contribution in [0.4, 0.5) is 0 Å². The molecule has 2 heterocycles. The van der Waals surface area contributed by atoms with E-state index >= 15 is 0 Å². The van der Waals surface area contributed by atoms with Gasteiger partial charge in [-0.2, -0.15) is 0 Å². The molecule has 0 saturated heterocycles. The summed E-state index contributed by atoms with van der Waals surface area (Å²) in [5.41, 5.74) is 3.80. The normalized spacial score (nSPS) is 13.1. The van der Waals surface area contributed by atoms with Gasteiger partial charge >= 0.3 is 0 Å². The number of hydrogen-bond donors (Lipinski definition) is 1. The van der Waals surface area contributed by atoms with Crippen molar-refractivity contribution in [1.82, 2.24) is 10.3 Å². The molecule has 0 spiro atoms. The Kier molecular flexibility index (Phi) is 4.33. The van der Waals surface area contributed by atoms with Crippen LogP contribution in [-0.2, 0) is 19.4 Å². The minimum atomic E-state index is 0.800. The van der Waals surface area contributed by atoms with Crippen molar-refractivity contribution in [3.05, 3.63) is 57.8 Å². The Morgan fingerprint density at radius 1 is 1.35 bits per heavy atom. The first-order chi connectivity index (χ1) is 9.83. The van der Waals surface area contributed by atoms with Gasteiger partial charge in [-0.3, -0.25) is 4.98 Å². The average Bonchev–Trinajstić information content (AvgIpc) is 2.92. The van der Waals surface area contributed by atoms with Crippen LogP contribution in [0.25, 0.3) is 0 Å². The van der Waals surface area contributed by atoms with Crippen molar-refractivity contribution in [2.75, 3.05) is 13.2 Å². The third kappa shape index (κ3) is 3.19. The van der Waals surface area contributed by atoms with E-state index in [-0.39, 0.29) is 0 Å². The number of nitrogens with zero attached hydrogens (tertiary/aromatic N) is 1. The lowest BCUT2D eigenvalue weighted by Gasteiger charge is -2.10. The maximum Gasteiger partial charge on any atom is 0.127 e. The van der Waals surface area contributed by atoms with Crippen molar-refractivity contribution >= 4 is 15.9 Å². The van der Waals surface area contributed by atoms with E-state index in [0.717, 1.165) is 42.8 Å². The van der Waals surface area contributed by atoms with E-state index < -0.39 is 0 Å². The zero-order valence-electron chi connectivity index (χ0n) is 11.2. The van der Waals surface area contributed by atoms with Gasteiger partial charge in [0.15, 0.2) is 0 Å². The summed E-state index contributed by atoms with van der Waals surface area (Å²) in [6.07, 6.45) is 5.73. The Morgan fingerprint density at radius 2 is 2.30 bits per heavy atom. The number of benzene rings is 1. The van der Waals surface area contributed by atoms with Crippen LogP contribution in [0.15, 0.2) is 41.1 Å². The second-order valence-corrected chi connectivity index (χ2v) is 5.86. The molecule has 3 nitrogen and oxygen atoms in total. The number of hydrogen-bond acceptors (Lipinski definition) is 3. The summed E-state index contributed by atoms with van der Waals surface area (Å²) in [5, 5.41) is 3.48. The largest absolute Gasteiger partial charge is 0.493 e. The van der Waals surface area contributed by atoms with E-state index in [0.29, 0.717) is 0 Å². The zero-order valence-corrected chi connectivity index (χ0v) is 12.8. The number of rotatable bonds is 5. The van der Waals surface area contributed by atoms with Gasteiger partial charge in [0.05, 0.1) is 6.61 Å². The van der Waals surface area contributed by atoms with Gasteiger partial charge < -0.3 is 10.1 Å². The number of fused-ring (bicyclic) bond motifs is 1. The first-order valence-corrected chi connectivity index (χ1v) is 7.66. The first kappa shape index (κ1) is 13.6. The monoisotopic (exact) mass is 332 g/mol. The fourth-order valence-corrected chi connectivity index (χ4v) is 3.03. The Morgan fingerprint density at radius 3 is 3.15 bits per heavy atom. The highest BCUT2D eigenvalue weighted by Gasteiger charge is 2.16. The van der Waals surface area contributed by atoms with Gasteiger partial charge in [0.1, 0.15) is 5.75 Å². The average molecular weight is 333 g/mol. The molecule has 0 bridgehead atoms. The van der Waals surface area contributed by atoms with Gasteiger partial charge in [0.25, 0.3) is 0 Å². The lowest BCUT2D eigenvalue weighted by atomic mass is 10.1. The van der Waals surface area contributed by atoms with Crippen LogP contribution < -0.4 is 10.1 Å². The predicted molar refractivity (Wildman–Crippen MR) is 83.0 cm³/mol. The van der Waals surface area contributed by atoms with Crippen LogP contribution in [0, 0.1) is 0 Å². The lowest BCUT2D eigenvalue weighted by molar-refractivity contribution is 0.352. The van der Waals surface area contributed by atoms with Gasteiger partial charge in [-0.1, -0.05) is 22.0 Å². The van der Waals surface area contributed by atoms with Crippen LogP contribution in [0.1, 0.15) is 16.7 Å². The summed E-state index contributed by atoms with van der Waals surface area (Å²) in [6.45, 7) is 2.57. The van der Waals surface area contributed by atoms with E-state index in [1.807, 2.05) is 12.3 Å². The molecule has 3 rings (SSSR count). The van der Waals surface area contributed by atoms with Gasteiger partial charge in [-0.15, -0.1) is 0 Å². The lowest BCUT2D eigenvalue weighted by Crippen LogP contribution is -2.17. The fourth-order valence-electron chi connectivity index (χ4n) is 2.48. The molecule has 104 valence electrons. The highest BCUT2D eigenvalue weighted by molar-refractivity contribution is 9.10. The van der Waals surface area contributed by atoms with Gasteiger partial charge in [-0.25, -0.2) is 0 Å². The van der Waals surface area contributed by atoms with E-state index in [1.165, 1.54) is 16.7 Å². The standard InChI is InChI=1S/C16H17BrN2O/c17-15-8-13-4-7-20-16(13)14(9-15)11-19-6-3-12-2-1-5-18-10-12/h1-2,5,8-10,19H,3-4,6-7,11H2. The molecule has 0 aliphatic carbocycles. The molecule has 1 aromatic carbocycles. The molecule has 1 N–H and O–H groups in total. The fraction of sp³-hybridized carbons (Fsp3) is 0.312. The molecule has 1 aliphatic heterocycles. The second-order valence-electron chi connectivity index (χ2n) is 4.94. The Labute approximate surface area is 127 Å². The van der Waals surface area contributed by atoms with Crippen LogP contribution in [0.2, 0.25) is 0 Å². The molecule has 20 heavy (non-hydrogen) atoms. The van der Waals surface area contributed by atoms with E-state index in [4.69, 9.17) is 4.74 Å². The van der Waals surface area contributed by atoms with E-state index in [9.17, 15) is 0 Å². The molecule has 0 unspecified atom stereocenters. The minimum Gasteiger partial charge on any atom is -0.493 e. The molecule has 0 atom stereocenters. The molecule has 0 radical (unpaired) electrons. The molecular weight excluding hydrogens is 316 g/mol. The number of aromatic nitrogens is 1. The Hall–Kier alpha value is -1.39. The number of ether oxygens (including phenoxy) is 1.